The maximum Gasteiger partial charge on any atom is 0.162 e. The molecule has 1 aliphatic rings. The first kappa shape index (κ1) is 20.7. The van der Waals surface area contributed by atoms with Crippen molar-refractivity contribution in [3.8, 4) is 0 Å². The van der Waals surface area contributed by atoms with Gasteiger partial charge in [-0.15, -0.1) is 0 Å². The number of hydrogen-bond donors (Lipinski definition) is 1. The van der Waals surface area contributed by atoms with E-state index in [1.54, 1.807) is 12.1 Å². The quantitative estimate of drug-likeness (QED) is 0.642. The van der Waals surface area contributed by atoms with Gasteiger partial charge in [-0.25, -0.2) is 4.39 Å². The second kappa shape index (κ2) is 9.94. The van der Waals surface area contributed by atoms with Crippen LogP contribution in [-0.2, 0) is 6.42 Å². The number of piperidine rings is 1. The van der Waals surface area contributed by atoms with Gasteiger partial charge in [0.2, 0.25) is 0 Å². The summed E-state index contributed by atoms with van der Waals surface area (Å²) in [6.07, 6.45) is 5.73. The number of likely N-dealkylation sites (tertiary alicyclic amines) is 1. The number of rotatable bonds is 9. The Balaban J connectivity index is 1.33. The lowest BCUT2D eigenvalue weighted by Crippen LogP contribution is -2.44. The van der Waals surface area contributed by atoms with Crippen LogP contribution >= 0.6 is 0 Å². The highest BCUT2D eigenvalue weighted by atomic mass is 19.1. The van der Waals surface area contributed by atoms with Gasteiger partial charge < -0.3 is 10.0 Å². The molecule has 28 heavy (non-hydrogen) atoms. The summed E-state index contributed by atoms with van der Waals surface area (Å²) < 4.78 is 12.9. The number of halogens is 1. The molecule has 0 aromatic heterocycles. The van der Waals surface area contributed by atoms with Crippen LogP contribution in [0.25, 0.3) is 0 Å². The van der Waals surface area contributed by atoms with E-state index in [1.807, 2.05) is 6.07 Å². The Labute approximate surface area is 167 Å². The maximum atomic E-state index is 12.9. The minimum absolute atomic E-state index is 0.0643. The van der Waals surface area contributed by atoms with Gasteiger partial charge in [-0.05, 0) is 74.9 Å². The predicted molar refractivity (Wildman–Crippen MR) is 110 cm³/mol. The highest BCUT2D eigenvalue weighted by molar-refractivity contribution is 5.95. The van der Waals surface area contributed by atoms with Crippen LogP contribution in [0.1, 0.15) is 54.4 Å². The van der Waals surface area contributed by atoms with Crippen LogP contribution in [0.15, 0.2) is 54.6 Å². The Kier molecular flexibility index (Phi) is 7.35. The van der Waals surface area contributed by atoms with Crippen LogP contribution in [0.4, 0.5) is 4.39 Å². The van der Waals surface area contributed by atoms with Crippen molar-refractivity contribution in [1.29, 1.82) is 0 Å². The minimum Gasteiger partial charge on any atom is -0.390 e. The van der Waals surface area contributed by atoms with Crippen molar-refractivity contribution in [3.63, 3.8) is 0 Å². The smallest absolute Gasteiger partial charge is 0.162 e. The molecule has 0 unspecified atom stereocenters. The number of Topliss-reactive ketones (excluding diaryl/α,β-unsaturated/α-hetero) is 1. The van der Waals surface area contributed by atoms with Crippen LogP contribution < -0.4 is 0 Å². The number of aryl methyl sites for hydroxylation is 1. The second-order valence-electron chi connectivity index (χ2n) is 7.94. The summed E-state index contributed by atoms with van der Waals surface area (Å²) in [7, 11) is 0. The van der Waals surface area contributed by atoms with E-state index in [9.17, 15) is 14.3 Å². The maximum absolute atomic E-state index is 12.9. The first-order valence-electron chi connectivity index (χ1n) is 10.3. The number of benzene rings is 2. The standard InChI is InChI=1S/C24H30FNO2/c25-22-12-10-21(11-13-22)23(27)9-5-17-26-18-15-24(28,16-19-26)14-4-8-20-6-2-1-3-7-20/h1-3,6-7,10-13,28H,4-5,8-9,14-19H2. The topological polar surface area (TPSA) is 40.5 Å². The molecule has 0 saturated carbocycles. The molecule has 0 amide bonds. The van der Waals surface area contributed by atoms with Crippen LogP contribution in [-0.4, -0.2) is 41.0 Å². The number of nitrogens with zero attached hydrogens (tertiary/aromatic N) is 1. The van der Waals surface area contributed by atoms with Gasteiger partial charge in [-0.1, -0.05) is 30.3 Å². The molecule has 0 aliphatic carbocycles. The number of aliphatic hydroxyl groups is 1. The second-order valence-corrected chi connectivity index (χ2v) is 7.94. The fraction of sp³-hybridized carbons (Fsp3) is 0.458. The van der Waals surface area contributed by atoms with Crippen molar-refractivity contribution in [3.05, 3.63) is 71.5 Å². The molecule has 3 rings (SSSR count). The molecular formula is C24H30FNO2. The van der Waals surface area contributed by atoms with Gasteiger partial charge in [0.25, 0.3) is 0 Å². The molecule has 0 bridgehead atoms. The molecule has 150 valence electrons. The Hall–Kier alpha value is -2.04. The van der Waals surface area contributed by atoms with Crippen molar-refractivity contribution in [1.82, 2.24) is 4.90 Å². The van der Waals surface area contributed by atoms with Crippen molar-refractivity contribution in [2.75, 3.05) is 19.6 Å². The summed E-state index contributed by atoms with van der Waals surface area (Å²) in [4.78, 5) is 14.5. The van der Waals surface area contributed by atoms with Crippen molar-refractivity contribution in [2.24, 2.45) is 0 Å². The zero-order valence-electron chi connectivity index (χ0n) is 16.4. The summed E-state index contributed by atoms with van der Waals surface area (Å²) in [5, 5.41) is 10.8. The molecule has 2 aromatic carbocycles. The van der Waals surface area contributed by atoms with Gasteiger partial charge in [0.15, 0.2) is 5.78 Å². The summed E-state index contributed by atoms with van der Waals surface area (Å²) >= 11 is 0. The van der Waals surface area contributed by atoms with E-state index in [0.717, 1.165) is 58.2 Å². The van der Waals surface area contributed by atoms with Crippen LogP contribution in [0, 0.1) is 5.82 Å². The van der Waals surface area contributed by atoms with E-state index in [0.29, 0.717) is 12.0 Å². The molecule has 0 atom stereocenters. The molecular weight excluding hydrogens is 353 g/mol. The number of carbonyl (C=O) groups is 1. The summed E-state index contributed by atoms with van der Waals surface area (Å²) in [6.45, 7) is 2.63. The van der Waals surface area contributed by atoms with E-state index < -0.39 is 5.60 Å². The van der Waals surface area contributed by atoms with E-state index in [1.165, 1.54) is 17.7 Å². The molecule has 3 nitrogen and oxygen atoms in total. The van der Waals surface area contributed by atoms with E-state index >= 15 is 0 Å². The van der Waals surface area contributed by atoms with Crippen molar-refractivity contribution >= 4 is 5.78 Å². The normalized spacial score (nSPS) is 16.8. The third kappa shape index (κ3) is 6.25. The Morgan fingerprint density at radius 3 is 2.36 bits per heavy atom. The van der Waals surface area contributed by atoms with Gasteiger partial charge in [-0.3, -0.25) is 4.79 Å². The SMILES string of the molecule is O=C(CCCN1CCC(O)(CCCc2ccccc2)CC1)c1ccc(F)cc1. The predicted octanol–water partition coefficient (Wildman–Crippen LogP) is 4.64. The number of carbonyl (C=O) groups excluding carboxylic acids is 1. The highest BCUT2D eigenvalue weighted by Crippen LogP contribution is 2.28. The Morgan fingerprint density at radius 2 is 1.68 bits per heavy atom. The molecule has 1 aliphatic heterocycles. The molecule has 2 aromatic rings. The molecule has 0 spiro atoms. The third-order valence-corrected chi connectivity index (χ3v) is 5.78. The summed E-state index contributed by atoms with van der Waals surface area (Å²) in [6, 6.07) is 16.2. The zero-order valence-corrected chi connectivity index (χ0v) is 16.4. The van der Waals surface area contributed by atoms with E-state index in [2.05, 4.69) is 29.2 Å². The molecule has 1 N–H and O–H groups in total. The lowest BCUT2D eigenvalue weighted by atomic mass is 9.86. The number of ketones is 1. The lowest BCUT2D eigenvalue weighted by Gasteiger charge is -2.38. The largest absolute Gasteiger partial charge is 0.390 e. The Morgan fingerprint density at radius 1 is 1.00 bits per heavy atom. The first-order valence-corrected chi connectivity index (χ1v) is 10.3. The fourth-order valence-electron chi connectivity index (χ4n) is 3.95. The highest BCUT2D eigenvalue weighted by Gasteiger charge is 2.31. The minimum atomic E-state index is -0.546. The average molecular weight is 384 g/mol. The monoisotopic (exact) mass is 383 g/mol. The molecule has 0 radical (unpaired) electrons. The average Bonchev–Trinajstić information content (AvgIpc) is 2.71. The fourth-order valence-corrected chi connectivity index (χ4v) is 3.95. The Bertz CT molecular complexity index is 737. The van der Waals surface area contributed by atoms with E-state index in [4.69, 9.17) is 0 Å². The van der Waals surface area contributed by atoms with Crippen molar-refractivity contribution in [2.45, 2.75) is 50.5 Å². The van der Waals surface area contributed by atoms with Gasteiger partial charge >= 0.3 is 0 Å². The molecule has 1 saturated heterocycles. The summed E-state index contributed by atoms with van der Waals surface area (Å²) in [5.41, 5.74) is 1.36. The van der Waals surface area contributed by atoms with Crippen LogP contribution in [0.2, 0.25) is 0 Å². The first-order chi connectivity index (χ1) is 13.5. The summed E-state index contributed by atoms with van der Waals surface area (Å²) in [5.74, 6) is -0.254. The van der Waals surface area contributed by atoms with Crippen molar-refractivity contribution < 1.29 is 14.3 Å². The van der Waals surface area contributed by atoms with E-state index in [-0.39, 0.29) is 11.6 Å². The van der Waals surface area contributed by atoms with Crippen LogP contribution in [0.5, 0.6) is 0 Å². The molecule has 1 heterocycles. The zero-order chi connectivity index (χ0) is 19.8. The number of hydrogen-bond acceptors (Lipinski definition) is 3. The molecule has 4 heteroatoms. The molecule has 1 fully saturated rings. The van der Waals surface area contributed by atoms with Gasteiger partial charge in [-0.2, -0.15) is 0 Å². The van der Waals surface area contributed by atoms with Gasteiger partial charge in [0.05, 0.1) is 5.60 Å². The van der Waals surface area contributed by atoms with Crippen LogP contribution in [0.3, 0.4) is 0 Å². The van der Waals surface area contributed by atoms with Gasteiger partial charge in [0, 0.05) is 25.1 Å². The third-order valence-electron chi connectivity index (χ3n) is 5.78. The van der Waals surface area contributed by atoms with Gasteiger partial charge in [0.1, 0.15) is 5.82 Å². The lowest BCUT2D eigenvalue weighted by molar-refractivity contribution is -0.0289.